The number of H-pyrrole nitrogens is 1. The number of carbonyl (C=O) groups is 1. The van der Waals surface area contributed by atoms with Crippen molar-refractivity contribution in [3.8, 4) is 0 Å². The Morgan fingerprint density at radius 3 is 2.63 bits per heavy atom. The molecule has 94 valence electrons. The molecule has 2 aromatic heterocycles. The van der Waals surface area contributed by atoms with E-state index >= 15 is 0 Å². The standard InChI is InChI=1S/C12H7N3O4/c13-10(17)6-4-15-8-5(9(6)16)2-1-3-7(8)14-11(18)12(15)19/h1-4H,(H2,13,17)(H,14,18). The Morgan fingerprint density at radius 2 is 1.95 bits per heavy atom. The monoisotopic (exact) mass is 257 g/mol. The fourth-order valence-corrected chi connectivity index (χ4v) is 2.11. The van der Waals surface area contributed by atoms with Gasteiger partial charge in [0, 0.05) is 11.6 Å². The summed E-state index contributed by atoms with van der Waals surface area (Å²) in [4.78, 5) is 48.9. The zero-order valence-electron chi connectivity index (χ0n) is 9.47. The summed E-state index contributed by atoms with van der Waals surface area (Å²) in [5.74, 6) is -0.945. The molecule has 3 aromatic rings. The fourth-order valence-electron chi connectivity index (χ4n) is 2.11. The summed E-state index contributed by atoms with van der Waals surface area (Å²) in [7, 11) is 0. The lowest BCUT2D eigenvalue weighted by Gasteiger charge is -2.06. The van der Waals surface area contributed by atoms with Crippen molar-refractivity contribution in [1.82, 2.24) is 9.38 Å². The summed E-state index contributed by atoms with van der Waals surface area (Å²) in [5, 5.41) is 0.155. The van der Waals surface area contributed by atoms with Crippen molar-refractivity contribution in [3.63, 3.8) is 0 Å². The van der Waals surface area contributed by atoms with E-state index in [0.717, 1.165) is 10.6 Å². The van der Waals surface area contributed by atoms with Gasteiger partial charge >= 0.3 is 11.1 Å². The molecule has 1 amide bonds. The number of amides is 1. The average molecular weight is 257 g/mol. The molecule has 0 aliphatic heterocycles. The Labute approximate surface area is 104 Å². The number of nitrogens with zero attached hydrogens (tertiary/aromatic N) is 1. The highest BCUT2D eigenvalue weighted by Gasteiger charge is 2.15. The molecule has 19 heavy (non-hydrogen) atoms. The van der Waals surface area contributed by atoms with Crippen molar-refractivity contribution in [3.05, 3.63) is 60.9 Å². The first-order valence-corrected chi connectivity index (χ1v) is 5.34. The number of benzene rings is 1. The predicted molar refractivity (Wildman–Crippen MR) is 67.8 cm³/mol. The van der Waals surface area contributed by atoms with Gasteiger partial charge in [0.25, 0.3) is 5.91 Å². The number of nitrogens with two attached hydrogens (primary N) is 1. The number of nitrogens with one attached hydrogen (secondary N) is 1. The average Bonchev–Trinajstić information content (AvgIpc) is 2.37. The van der Waals surface area contributed by atoms with Crippen LogP contribution in [0.2, 0.25) is 0 Å². The molecule has 3 rings (SSSR count). The highest BCUT2D eigenvalue weighted by Crippen LogP contribution is 2.14. The van der Waals surface area contributed by atoms with E-state index < -0.39 is 22.5 Å². The largest absolute Gasteiger partial charge is 0.365 e. The van der Waals surface area contributed by atoms with Crippen molar-refractivity contribution < 1.29 is 4.79 Å². The summed E-state index contributed by atoms with van der Waals surface area (Å²) in [6, 6.07) is 4.58. The number of aromatic nitrogens is 2. The van der Waals surface area contributed by atoms with Crippen LogP contribution in [0, 0.1) is 0 Å². The molecule has 7 nitrogen and oxygen atoms in total. The second-order valence-corrected chi connectivity index (χ2v) is 4.07. The van der Waals surface area contributed by atoms with Gasteiger partial charge in [0.15, 0.2) is 0 Å². The van der Waals surface area contributed by atoms with Crippen LogP contribution in [-0.2, 0) is 0 Å². The van der Waals surface area contributed by atoms with E-state index in [4.69, 9.17) is 5.73 Å². The Hall–Kier alpha value is -2.96. The zero-order valence-corrected chi connectivity index (χ0v) is 9.47. The van der Waals surface area contributed by atoms with Crippen molar-refractivity contribution >= 4 is 22.3 Å². The molecule has 0 aliphatic carbocycles. The number of aromatic amines is 1. The number of primary amides is 1. The molecule has 0 fully saturated rings. The van der Waals surface area contributed by atoms with E-state index in [1.807, 2.05) is 0 Å². The van der Waals surface area contributed by atoms with Gasteiger partial charge in [-0.1, -0.05) is 6.07 Å². The molecule has 7 heteroatoms. The highest BCUT2D eigenvalue weighted by molar-refractivity contribution is 5.99. The maximum Gasteiger partial charge on any atom is 0.320 e. The van der Waals surface area contributed by atoms with Gasteiger partial charge in [-0.15, -0.1) is 0 Å². The van der Waals surface area contributed by atoms with Crippen LogP contribution in [0.25, 0.3) is 16.4 Å². The SMILES string of the molecule is NC(=O)c1cn2c(=O)c(=O)[nH]c3cccc(c1=O)c32. The minimum Gasteiger partial charge on any atom is -0.365 e. The summed E-state index contributed by atoms with van der Waals surface area (Å²) in [5.41, 5.74) is 3.11. The van der Waals surface area contributed by atoms with Gasteiger partial charge in [-0.05, 0) is 12.1 Å². The van der Waals surface area contributed by atoms with Crippen LogP contribution < -0.4 is 22.3 Å². The Bertz CT molecular complexity index is 1000. The summed E-state index contributed by atoms with van der Waals surface area (Å²) >= 11 is 0. The van der Waals surface area contributed by atoms with Gasteiger partial charge in [-0.2, -0.15) is 0 Å². The minimum absolute atomic E-state index is 0.155. The van der Waals surface area contributed by atoms with Crippen LogP contribution in [0.1, 0.15) is 10.4 Å². The second-order valence-electron chi connectivity index (χ2n) is 4.07. The van der Waals surface area contributed by atoms with Crippen molar-refractivity contribution in [2.24, 2.45) is 5.73 Å². The van der Waals surface area contributed by atoms with Crippen LogP contribution in [-0.4, -0.2) is 15.3 Å². The lowest BCUT2D eigenvalue weighted by Crippen LogP contribution is -2.35. The normalized spacial score (nSPS) is 11.2. The van der Waals surface area contributed by atoms with Crippen molar-refractivity contribution in [2.45, 2.75) is 0 Å². The number of pyridine rings is 1. The molecule has 3 N–H and O–H groups in total. The smallest absolute Gasteiger partial charge is 0.320 e. The van der Waals surface area contributed by atoms with Crippen LogP contribution in [0.3, 0.4) is 0 Å². The number of rotatable bonds is 1. The molecule has 2 heterocycles. The molecule has 0 atom stereocenters. The lowest BCUT2D eigenvalue weighted by molar-refractivity contribution is 0.0999. The maximum atomic E-state index is 12.1. The van der Waals surface area contributed by atoms with Gasteiger partial charge in [0.1, 0.15) is 5.56 Å². The predicted octanol–water partition coefficient (Wildman–Crippen LogP) is -0.962. The summed E-state index contributed by atoms with van der Waals surface area (Å²) < 4.78 is 0.977. The number of para-hydroxylation sites is 1. The maximum absolute atomic E-state index is 12.1. The Balaban J connectivity index is 2.78. The third kappa shape index (κ3) is 1.38. The Kier molecular flexibility index (Phi) is 2.06. The van der Waals surface area contributed by atoms with Crippen LogP contribution in [0.15, 0.2) is 38.8 Å². The highest BCUT2D eigenvalue weighted by atomic mass is 16.2. The number of carbonyl (C=O) groups excluding carboxylic acids is 1. The molecule has 0 aliphatic rings. The fraction of sp³-hybridized carbons (Fsp3) is 0. The molecule has 0 saturated heterocycles. The molecular weight excluding hydrogens is 250 g/mol. The summed E-state index contributed by atoms with van der Waals surface area (Å²) in [6.45, 7) is 0. The summed E-state index contributed by atoms with van der Waals surface area (Å²) in [6.07, 6.45) is 1.01. The third-order valence-corrected chi connectivity index (χ3v) is 2.95. The van der Waals surface area contributed by atoms with E-state index in [0.29, 0.717) is 5.52 Å². The van der Waals surface area contributed by atoms with Gasteiger partial charge < -0.3 is 10.7 Å². The van der Waals surface area contributed by atoms with Crippen molar-refractivity contribution in [2.75, 3.05) is 0 Å². The van der Waals surface area contributed by atoms with E-state index in [9.17, 15) is 19.2 Å². The quantitative estimate of drug-likeness (QED) is 0.546. The molecule has 0 bridgehead atoms. The van der Waals surface area contributed by atoms with Gasteiger partial charge in [0.2, 0.25) is 5.43 Å². The molecule has 1 aromatic carbocycles. The molecular formula is C12H7N3O4. The zero-order chi connectivity index (χ0) is 13.7. The van der Waals surface area contributed by atoms with Gasteiger partial charge in [0.05, 0.1) is 11.0 Å². The molecule has 0 unspecified atom stereocenters. The minimum atomic E-state index is -0.945. The Morgan fingerprint density at radius 1 is 1.21 bits per heavy atom. The third-order valence-electron chi connectivity index (χ3n) is 2.95. The second kappa shape index (κ2) is 3.52. The van der Waals surface area contributed by atoms with E-state index in [-0.39, 0.29) is 16.5 Å². The van der Waals surface area contributed by atoms with Crippen molar-refractivity contribution in [1.29, 1.82) is 0 Å². The first-order chi connectivity index (χ1) is 9.00. The number of hydrogen-bond donors (Lipinski definition) is 2. The van der Waals surface area contributed by atoms with Gasteiger partial charge in [-0.3, -0.25) is 23.6 Å². The first kappa shape index (κ1) is 11.1. The molecule has 0 saturated carbocycles. The number of hydrogen-bond acceptors (Lipinski definition) is 4. The van der Waals surface area contributed by atoms with Crippen LogP contribution in [0.4, 0.5) is 0 Å². The molecule has 0 radical (unpaired) electrons. The molecule has 0 spiro atoms. The van der Waals surface area contributed by atoms with E-state index in [1.165, 1.54) is 6.07 Å². The van der Waals surface area contributed by atoms with E-state index in [1.54, 1.807) is 12.1 Å². The lowest BCUT2D eigenvalue weighted by atomic mass is 10.1. The topological polar surface area (TPSA) is 114 Å². The van der Waals surface area contributed by atoms with E-state index in [2.05, 4.69) is 4.98 Å². The van der Waals surface area contributed by atoms with Crippen LogP contribution in [0.5, 0.6) is 0 Å². The van der Waals surface area contributed by atoms with Crippen LogP contribution >= 0.6 is 0 Å². The first-order valence-electron chi connectivity index (χ1n) is 5.34. The van der Waals surface area contributed by atoms with Gasteiger partial charge in [-0.25, -0.2) is 0 Å².